The molecule has 0 saturated heterocycles. The van der Waals surface area contributed by atoms with E-state index < -0.39 is 0 Å². The fourth-order valence-corrected chi connectivity index (χ4v) is 2.29. The zero-order valence-corrected chi connectivity index (χ0v) is 13.0. The van der Waals surface area contributed by atoms with Gasteiger partial charge in [-0.1, -0.05) is 36.4 Å². The van der Waals surface area contributed by atoms with Gasteiger partial charge in [-0.3, -0.25) is 9.59 Å². The van der Waals surface area contributed by atoms with Crippen molar-refractivity contribution in [3.05, 3.63) is 65.5 Å². The Balaban J connectivity index is 1.69. The molecule has 0 radical (unpaired) electrons. The van der Waals surface area contributed by atoms with Gasteiger partial charge in [0.1, 0.15) is 11.4 Å². The molecule has 3 rings (SSSR count). The summed E-state index contributed by atoms with van der Waals surface area (Å²) in [5, 5.41) is 2.88. The van der Waals surface area contributed by atoms with Crippen molar-refractivity contribution in [1.29, 1.82) is 0 Å². The highest BCUT2D eigenvalue weighted by molar-refractivity contribution is 5.96. The van der Waals surface area contributed by atoms with Crippen LogP contribution in [0.2, 0.25) is 0 Å². The van der Waals surface area contributed by atoms with Crippen molar-refractivity contribution < 1.29 is 9.59 Å². The number of hydrogen-bond acceptors (Lipinski definition) is 3. The van der Waals surface area contributed by atoms with Crippen molar-refractivity contribution in [2.24, 2.45) is 0 Å². The van der Waals surface area contributed by atoms with E-state index in [1.165, 1.54) is 0 Å². The molecule has 1 aliphatic rings. The molecule has 1 N–H and O–H groups in total. The maximum Gasteiger partial charge on any atom is 0.272 e. The Hall–Kier alpha value is -2.69. The van der Waals surface area contributed by atoms with Gasteiger partial charge in [0, 0.05) is 19.6 Å². The third-order valence-corrected chi connectivity index (χ3v) is 3.72. The quantitative estimate of drug-likeness (QED) is 0.921. The van der Waals surface area contributed by atoms with E-state index in [2.05, 4.69) is 10.3 Å². The molecule has 5 heteroatoms. The zero-order chi connectivity index (χ0) is 16.2. The van der Waals surface area contributed by atoms with Crippen molar-refractivity contribution in [3.8, 4) is 0 Å². The zero-order valence-electron chi connectivity index (χ0n) is 13.0. The van der Waals surface area contributed by atoms with Gasteiger partial charge in [-0.05, 0) is 30.5 Å². The Morgan fingerprint density at radius 1 is 1.09 bits per heavy atom. The number of carbonyl (C=O) groups excluding carboxylic acids is 2. The Labute approximate surface area is 135 Å². The SMILES string of the molecule is CN(Cc1ccccc1)C(=O)c1cccc(C(=O)NC2CC2)n1. The minimum absolute atomic E-state index is 0.199. The summed E-state index contributed by atoms with van der Waals surface area (Å²) in [7, 11) is 1.73. The summed E-state index contributed by atoms with van der Waals surface area (Å²) in [5.74, 6) is -0.414. The summed E-state index contributed by atoms with van der Waals surface area (Å²) in [5.41, 5.74) is 1.62. The second kappa shape index (κ2) is 6.60. The van der Waals surface area contributed by atoms with Crippen LogP contribution in [0, 0.1) is 0 Å². The highest BCUT2D eigenvalue weighted by atomic mass is 16.2. The highest BCUT2D eigenvalue weighted by Gasteiger charge is 2.24. The molecule has 118 valence electrons. The number of carbonyl (C=O) groups is 2. The first kappa shape index (κ1) is 15.2. The van der Waals surface area contributed by atoms with E-state index in [1.54, 1.807) is 30.1 Å². The van der Waals surface area contributed by atoms with Gasteiger partial charge in [0.15, 0.2) is 0 Å². The van der Waals surface area contributed by atoms with E-state index in [1.807, 2.05) is 30.3 Å². The van der Waals surface area contributed by atoms with Gasteiger partial charge in [0.25, 0.3) is 11.8 Å². The van der Waals surface area contributed by atoms with Gasteiger partial charge in [-0.25, -0.2) is 4.98 Å². The molecule has 0 unspecified atom stereocenters. The lowest BCUT2D eigenvalue weighted by Crippen LogP contribution is -2.29. The van der Waals surface area contributed by atoms with Crippen LogP contribution in [0.5, 0.6) is 0 Å². The third kappa shape index (κ3) is 3.94. The first-order valence-electron chi connectivity index (χ1n) is 7.71. The van der Waals surface area contributed by atoms with Gasteiger partial charge >= 0.3 is 0 Å². The molecule has 0 bridgehead atoms. The van der Waals surface area contributed by atoms with E-state index in [4.69, 9.17) is 0 Å². The van der Waals surface area contributed by atoms with Crippen LogP contribution in [0.1, 0.15) is 39.4 Å². The van der Waals surface area contributed by atoms with Crippen LogP contribution in [0.4, 0.5) is 0 Å². The van der Waals surface area contributed by atoms with Crippen molar-refractivity contribution in [3.63, 3.8) is 0 Å². The number of pyridine rings is 1. The molecule has 1 aromatic carbocycles. The molecule has 0 atom stereocenters. The fourth-order valence-electron chi connectivity index (χ4n) is 2.29. The lowest BCUT2D eigenvalue weighted by atomic mass is 10.2. The molecule has 5 nitrogen and oxygen atoms in total. The monoisotopic (exact) mass is 309 g/mol. The summed E-state index contributed by atoms with van der Waals surface area (Å²) >= 11 is 0. The minimum atomic E-state index is -0.215. The lowest BCUT2D eigenvalue weighted by Gasteiger charge is -2.17. The molecular formula is C18H19N3O2. The van der Waals surface area contributed by atoms with Crippen LogP contribution in [0.15, 0.2) is 48.5 Å². The van der Waals surface area contributed by atoms with Crippen LogP contribution in [0.3, 0.4) is 0 Å². The molecule has 2 aromatic rings. The smallest absolute Gasteiger partial charge is 0.272 e. The Kier molecular flexibility index (Phi) is 4.37. The van der Waals surface area contributed by atoms with Crippen molar-refractivity contribution in [2.45, 2.75) is 25.4 Å². The third-order valence-electron chi connectivity index (χ3n) is 3.72. The molecule has 23 heavy (non-hydrogen) atoms. The number of aromatic nitrogens is 1. The van der Waals surface area contributed by atoms with Crippen LogP contribution in [-0.2, 0) is 6.54 Å². The second-order valence-electron chi connectivity index (χ2n) is 5.80. The minimum Gasteiger partial charge on any atom is -0.348 e. The molecule has 1 aliphatic carbocycles. The van der Waals surface area contributed by atoms with E-state index in [0.717, 1.165) is 18.4 Å². The number of nitrogens with zero attached hydrogens (tertiary/aromatic N) is 2. The van der Waals surface area contributed by atoms with Gasteiger partial charge in [0.05, 0.1) is 0 Å². The average molecular weight is 309 g/mol. The largest absolute Gasteiger partial charge is 0.348 e. The summed E-state index contributed by atoms with van der Waals surface area (Å²) in [6.45, 7) is 0.500. The molecule has 2 amide bonds. The number of rotatable bonds is 5. The molecule has 1 fully saturated rings. The number of hydrogen-bond donors (Lipinski definition) is 1. The standard InChI is InChI=1S/C18H19N3O2/c1-21(12-13-6-3-2-4-7-13)18(23)16-9-5-8-15(20-16)17(22)19-14-10-11-14/h2-9,14H,10-12H2,1H3,(H,19,22). The average Bonchev–Trinajstić information content (AvgIpc) is 3.39. The molecular weight excluding hydrogens is 290 g/mol. The molecule has 0 aliphatic heterocycles. The van der Waals surface area contributed by atoms with Crippen molar-refractivity contribution >= 4 is 11.8 Å². The van der Waals surface area contributed by atoms with Crippen molar-refractivity contribution in [2.75, 3.05) is 7.05 Å². The van der Waals surface area contributed by atoms with E-state index in [0.29, 0.717) is 6.54 Å². The van der Waals surface area contributed by atoms with Gasteiger partial charge in [-0.2, -0.15) is 0 Å². The van der Waals surface area contributed by atoms with Crippen LogP contribution in [0.25, 0.3) is 0 Å². The van der Waals surface area contributed by atoms with Gasteiger partial charge in [-0.15, -0.1) is 0 Å². The molecule has 0 spiro atoms. The molecule has 1 aromatic heterocycles. The van der Waals surface area contributed by atoms with E-state index >= 15 is 0 Å². The predicted molar refractivity (Wildman–Crippen MR) is 87.0 cm³/mol. The first-order valence-corrected chi connectivity index (χ1v) is 7.71. The summed E-state index contributed by atoms with van der Waals surface area (Å²) < 4.78 is 0. The summed E-state index contributed by atoms with van der Waals surface area (Å²) in [4.78, 5) is 30.3. The Bertz CT molecular complexity index is 711. The highest BCUT2D eigenvalue weighted by Crippen LogP contribution is 2.19. The first-order chi connectivity index (χ1) is 11.1. The van der Waals surface area contributed by atoms with Crippen molar-refractivity contribution in [1.82, 2.24) is 15.2 Å². The number of nitrogens with one attached hydrogen (secondary N) is 1. The van der Waals surface area contributed by atoms with Crippen LogP contribution >= 0.6 is 0 Å². The maximum atomic E-state index is 12.5. The number of amides is 2. The maximum absolute atomic E-state index is 12.5. The summed E-state index contributed by atoms with van der Waals surface area (Å²) in [6, 6.07) is 15.0. The summed E-state index contributed by atoms with van der Waals surface area (Å²) in [6.07, 6.45) is 2.04. The predicted octanol–water partition coefficient (Wildman–Crippen LogP) is 2.25. The molecule has 1 saturated carbocycles. The van der Waals surface area contributed by atoms with E-state index in [9.17, 15) is 9.59 Å². The van der Waals surface area contributed by atoms with Gasteiger partial charge < -0.3 is 10.2 Å². The fraction of sp³-hybridized carbons (Fsp3) is 0.278. The van der Waals surface area contributed by atoms with E-state index in [-0.39, 0.29) is 29.2 Å². The van der Waals surface area contributed by atoms with Crippen LogP contribution in [-0.4, -0.2) is 34.8 Å². The normalized spacial score (nSPS) is 13.4. The molecule has 1 heterocycles. The Morgan fingerprint density at radius 2 is 1.78 bits per heavy atom. The topological polar surface area (TPSA) is 62.3 Å². The lowest BCUT2D eigenvalue weighted by molar-refractivity contribution is 0.0779. The second-order valence-corrected chi connectivity index (χ2v) is 5.80. The van der Waals surface area contributed by atoms with Crippen LogP contribution < -0.4 is 5.32 Å². The number of benzene rings is 1. The Morgan fingerprint density at radius 3 is 2.48 bits per heavy atom. The van der Waals surface area contributed by atoms with Gasteiger partial charge in [0.2, 0.25) is 0 Å².